The Balaban J connectivity index is 2.36. The molecular weight excluding hydrogens is 258 g/mol. The monoisotopic (exact) mass is 271 g/mol. The summed E-state index contributed by atoms with van der Waals surface area (Å²) in [5, 5.41) is 0.670. The number of ketones is 2. The molecule has 0 spiro atoms. The summed E-state index contributed by atoms with van der Waals surface area (Å²) in [6.45, 7) is 1.64. The highest BCUT2D eigenvalue weighted by Crippen LogP contribution is 2.36. The number of benzene rings is 1. The van der Waals surface area contributed by atoms with Gasteiger partial charge >= 0.3 is 0 Å². The second-order valence-electron chi connectivity index (χ2n) is 4.65. The van der Waals surface area contributed by atoms with Gasteiger partial charge < -0.3 is 14.5 Å². The molecule has 1 aliphatic carbocycles. The minimum absolute atomic E-state index is 0.141. The maximum atomic E-state index is 12.3. The maximum absolute atomic E-state index is 12.3. The SMILES string of the molecule is COc1cc2[nH]c3c(c2cc1OC)C(=O)C(C)=CC3=O. The Morgan fingerprint density at radius 3 is 2.35 bits per heavy atom. The zero-order chi connectivity index (χ0) is 14.4. The molecule has 20 heavy (non-hydrogen) atoms. The van der Waals surface area contributed by atoms with Gasteiger partial charge in [-0.05, 0) is 19.1 Å². The van der Waals surface area contributed by atoms with Gasteiger partial charge in [-0.3, -0.25) is 9.59 Å². The van der Waals surface area contributed by atoms with E-state index in [2.05, 4.69) is 4.98 Å². The lowest BCUT2D eigenvalue weighted by Crippen LogP contribution is -2.14. The summed E-state index contributed by atoms with van der Waals surface area (Å²) in [6.07, 6.45) is 1.36. The van der Waals surface area contributed by atoms with Gasteiger partial charge in [0.2, 0.25) is 5.78 Å². The fourth-order valence-corrected chi connectivity index (χ4v) is 2.47. The molecule has 1 N–H and O–H groups in total. The van der Waals surface area contributed by atoms with Gasteiger partial charge in [-0.2, -0.15) is 0 Å². The number of carbonyl (C=O) groups excluding carboxylic acids is 2. The Morgan fingerprint density at radius 2 is 1.70 bits per heavy atom. The van der Waals surface area contributed by atoms with Crippen molar-refractivity contribution in [1.82, 2.24) is 4.98 Å². The Morgan fingerprint density at radius 1 is 1.05 bits per heavy atom. The minimum atomic E-state index is -0.189. The highest BCUT2D eigenvalue weighted by molar-refractivity contribution is 6.28. The lowest BCUT2D eigenvalue weighted by Gasteiger charge is -2.09. The molecule has 0 atom stereocenters. The van der Waals surface area contributed by atoms with Gasteiger partial charge in [-0.1, -0.05) is 0 Å². The van der Waals surface area contributed by atoms with E-state index in [0.717, 1.165) is 0 Å². The molecule has 0 unspecified atom stereocenters. The molecular formula is C15H13NO4. The van der Waals surface area contributed by atoms with E-state index in [1.807, 2.05) is 0 Å². The third-order valence-corrected chi connectivity index (χ3v) is 3.48. The van der Waals surface area contributed by atoms with E-state index in [0.29, 0.717) is 39.2 Å². The quantitative estimate of drug-likeness (QED) is 0.911. The number of carbonyl (C=O) groups is 2. The molecule has 0 bridgehead atoms. The number of aromatic nitrogens is 1. The summed E-state index contributed by atoms with van der Waals surface area (Å²) in [4.78, 5) is 27.3. The van der Waals surface area contributed by atoms with E-state index < -0.39 is 0 Å². The molecule has 0 radical (unpaired) electrons. The third-order valence-electron chi connectivity index (χ3n) is 3.48. The van der Waals surface area contributed by atoms with Crippen LogP contribution in [0.25, 0.3) is 10.9 Å². The van der Waals surface area contributed by atoms with Gasteiger partial charge in [0.25, 0.3) is 0 Å². The number of rotatable bonds is 2. The number of fused-ring (bicyclic) bond motifs is 3. The second kappa shape index (κ2) is 4.23. The van der Waals surface area contributed by atoms with Crippen LogP contribution in [0.2, 0.25) is 0 Å². The molecule has 3 rings (SSSR count). The van der Waals surface area contributed by atoms with Crippen molar-refractivity contribution in [2.75, 3.05) is 14.2 Å². The fraction of sp³-hybridized carbons (Fsp3) is 0.200. The number of aromatic amines is 1. The summed E-state index contributed by atoms with van der Waals surface area (Å²) in [5.74, 6) is 0.738. The molecule has 0 saturated heterocycles. The van der Waals surface area contributed by atoms with Crippen LogP contribution in [-0.4, -0.2) is 30.8 Å². The van der Waals surface area contributed by atoms with Crippen LogP contribution in [-0.2, 0) is 0 Å². The van der Waals surface area contributed by atoms with Crippen LogP contribution in [0.3, 0.4) is 0 Å². The Labute approximate surface area is 115 Å². The molecule has 1 heterocycles. The predicted molar refractivity (Wildman–Crippen MR) is 73.8 cm³/mol. The fourth-order valence-electron chi connectivity index (χ4n) is 2.47. The zero-order valence-corrected chi connectivity index (χ0v) is 11.4. The molecule has 5 heteroatoms. The van der Waals surface area contributed by atoms with Gasteiger partial charge in [0.05, 0.1) is 31.0 Å². The number of ether oxygens (including phenoxy) is 2. The van der Waals surface area contributed by atoms with Gasteiger partial charge in [0, 0.05) is 17.0 Å². The largest absolute Gasteiger partial charge is 0.493 e. The van der Waals surface area contributed by atoms with Crippen LogP contribution in [0.5, 0.6) is 11.5 Å². The number of allylic oxidation sites excluding steroid dienone is 2. The van der Waals surface area contributed by atoms with Crippen molar-refractivity contribution in [3.63, 3.8) is 0 Å². The molecule has 0 fully saturated rings. The van der Waals surface area contributed by atoms with Crippen LogP contribution < -0.4 is 9.47 Å². The van der Waals surface area contributed by atoms with E-state index in [9.17, 15) is 9.59 Å². The molecule has 1 aliphatic rings. The lowest BCUT2D eigenvalue weighted by molar-refractivity contribution is 0.0983. The van der Waals surface area contributed by atoms with Crippen LogP contribution in [0.1, 0.15) is 27.8 Å². The molecule has 0 amide bonds. The Kier molecular flexibility index (Phi) is 2.64. The zero-order valence-electron chi connectivity index (χ0n) is 11.4. The molecule has 1 aromatic carbocycles. The summed E-state index contributed by atoms with van der Waals surface area (Å²) < 4.78 is 10.5. The van der Waals surface area contributed by atoms with E-state index in [4.69, 9.17) is 9.47 Å². The van der Waals surface area contributed by atoms with Gasteiger partial charge in [-0.15, -0.1) is 0 Å². The highest BCUT2D eigenvalue weighted by atomic mass is 16.5. The number of hydrogen-bond donors (Lipinski definition) is 1. The summed E-state index contributed by atoms with van der Waals surface area (Å²) in [6, 6.07) is 3.44. The van der Waals surface area contributed by atoms with Gasteiger partial charge in [0.15, 0.2) is 17.3 Å². The third kappa shape index (κ3) is 1.56. The smallest absolute Gasteiger partial charge is 0.203 e. The number of methoxy groups -OCH3 is 2. The molecule has 0 saturated carbocycles. The Bertz CT molecular complexity index is 783. The lowest BCUT2D eigenvalue weighted by atomic mass is 9.93. The van der Waals surface area contributed by atoms with E-state index >= 15 is 0 Å². The van der Waals surface area contributed by atoms with Crippen molar-refractivity contribution in [2.45, 2.75) is 6.92 Å². The van der Waals surface area contributed by atoms with Crippen LogP contribution >= 0.6 is 0 Å². The number of nitrogens with one attached hydrogen (secondary N) is 1. The average Bonchev–Trinajstić information content (AvgIpc) is 2.82. The number of H-pyrrole nitrogens is 1. The first-order chi connectivity index (χ1) is 9.56. The Hall–Kier alpha value is -2.56. The van der Waals surface area contributed by atoms with Crippen molar-refractivity contribution >= 4 is 22.5 Å². The maximum Gasteiger partial charge on any atom is 0.203 e. The van der Waals surface area contributed by atoms with Gasteiger partial charge in [0.1, 0.15) is 0 Å². The van der Waals surface area contributed by atoms with E-state index in [1.54, 1.807) is 19.1 Å². The second-order valence-corrected chi connectivity index (χ2v) is 4.65. The van der Waals surface area contributed by atoms with E-state index in [-0.39, 0.29) is 11.6 Å². The molecule has 2 aromatic rings. The predicted octanol–water partition coefficient (Wildman–Crippen LogP) is 2.51. The summed E-state index contributed by atoms with van der Waals surface area (Å²) in [5.41, 5.74) is 1.85. The first-order valence-corrected chi connectivity index (χ1v) is 6.12. The van der Waals surface area contributed by atoms with Crippen molar-refractivity contribution in [2.24, 2.45) is 0 Å². The average molecular weight is 271 g/mol. The van der Waals surface area contributed by atoms with Crippen LogP contribution in [0.15, 0.2) is 23.8 Å². The molecule has 0 aliphatic heterocycles. The van der Waals surface area contributed by atoms with Crippen molar-refractivity contribution in [3.8, 4) is 11.5 Å². The topological polar surface area (TPSA) is 68.4 Å². The normalized spacial score (nSPS) is 14.2. The van der Waals surface area contributed by atoms with Crippen molar-refractivity contribution in [3.05, 3.63) is 35.0 Å². The standard InChI is InChI=1S/C15H13NO4/c1-7-4-10(17)14-13(15(7)18)8-5-11(19-2)12(20-3)6-9(8)16-14/h4-6,16H,1-3H3. The first-order valence-electron chi connectivity index (χ1n) is 6.12. The molecule has 5 nitrogen and oxygen atoms in total. The van der Waals surface area contributed by atoms with Crippen LogP contribution in [0, 0.1) is 0 Å². The summed E-state index contributed by atoms with van der Waals surface area (Å²) >= 11 is 0. The number of Topliss-reactive ketones (excluding diaryl/α,β-unsaturated/α-hetero) is 1. The van der Waals surface area contributed by atoms with Gasteiger partial charge in [-0.25, -0.2) is 0 Å². The van der Waals surface area contributed by atoms with Crippen LogP contribution in [0.4, 0.5) is 0 Å². The minimum Gasteiger partial charge on any atom is -0.493 e. The molecule has 102 valence electrons. The molecule has 1 aromatic heterocycles. The van der Waals surface area contributed by atoms with Crippen molar-refractivity contribution < 1.29 is 19.1 Å². The number of hydrogen-bond acceptors (Lipinski definition) is 4. The first kappa shape index (κ1) is 12.5. The van der Waals surface area contributed by atoms with Crippen molar-refractivity contribution in [1.29, 1.82) is 0 Å². The van der Waals surface area contributed by atoms with E-state index in [1.165, 1.54) is 20.3 Å². The summed E-state index contributed by atoms with van der Waals surface area (Å²) in [7, 11) is 3.06. The highest BCUT2D eigenvalue weighted by Gasteiger charge is 2.28.